The summed E-state index contributed by atoms with van der Waals surface area (Å²) in [6, 6.07) is 5.75. The third-order valence-corrected chi connectivity index (χ3v) is 6.38. The number of nitrogens with zero attached hydrogens (tertiary/aromatic N) is 2. The van der Waals surface area contributed by atoms with Gasteiger partial charge in [0.1, 0.15) is 17.2 Å². The predicted octanol–water partition coefficient (Wildman–Crippen LogP) is 3.33. The molecule has 0 saturated carbocycles. The van der Waals surface area contributed by atoms with E-state index < -0.39 is 0 Å². The Bertz CT molecular complexity index is 1100. The number of nitrogens with one attached hydrogen (secondary N) is 2. The molecule has 1 amide bonds. The summed E-state index contributed by atoms with van der Waals surface area (Å²) in [6.07, 6.45) is 3.85. The number of amides is 1. The zero-order valence-electron chi connectivity index (χ0n) is 16.6. The number of anilines is 1. The molecule has 152 valence electrons. The van der Waals surface area contributed by atoms with E-state index in [-0.39, 0.29) is 11.5 Å². The van der Waals surface area contributed by atoms with Crippen molar-refractivity contribution in [3.8, 4) is 5.75 Å². The Kier molecular flexibility index (Phi) is 5.64. The normalized spacial score (nSPS) is 14.4. The van der Waals surface area contributed by atoms with Crippen LogP contribution in [0.4, 0.5) is 5.69 Å². The Morgan fingerprint density at radius 2 is 2.10 bits per heavy atom. The van der Waals surface area contributed by atoms with Gasteiger partial charge in [0.05, 0.1) is 22.3 Å². The quantitative estimate of drug-likeness (QED) is 0.648. The SMILES string of the molecule is Cc1ccc(OCCN2CCCC2)c(NC(=O)c2sc3nc[nH]c(=O)c3c2C)c1. The highest BCUT2D eigenvalue weighted by molar-refractivity contribution is 7.20. The van der Waals surface area contributed by atoms with Crippen LogP contribution >= 0.6 is 11.3 Å². The molecule has 2 aromatic heterocycles. The molecule has 1 aliphatic heterocycles. The average molecular weight is 413 g/mol. The fraction of sp³-hybridized carbons (Fsp3) is 0.381. The van der Waals surface area contributed by atoms with E-state index in [4.69, 9.17) is 4.74 Å². The van der Waals surface area contributed by atoms with Crippen molar-refractivity contribution in [2.24, 2.45) is 0 Å². The summed E-state index contributed by atoms with van der Waals surface area (Å²) in [5.41, 5.74) is 2.07. The van der Waals surface area contributed by atoms with Crippen LogP contribution in [0.25, 0.3) is 10.2 Å². The minimum Gasteiger partial charge on any atom is -0.490 e. The molecule has 8 heteroatoms. The van der Waals surface area contributed by atoms with E-state index in [2.05, 4.69) is 20.2 Å². The van der Waals surface area contributed by atoms with Crippen molar-refractivity contribution in [2.75, 3.05) is 31.6 Å². The largest absolute Gasteiger partial charge is 0.490 e. The highest BCUT2D eigenvalue weighted by atomic mass is 32.1. The Morgan fingerprint density at radius 3 is 2.86 bits per heavy atom. The lowest BCUT2D eigenvalue weighted by Crippen LogP contribution is -2.25. The average Bonchev–Trinajstić information content (AvgIpc) is 3.32. The van der Waals surface area contributed by atoms with Crippen LogP contribution in [0.3, 0.4) is 0 Å². The van der Waals surface area contributed by atoms with Gasteiger partial charge in [0.25, 0.3) is 11.5 Å². The van der Waals surface area contributed by atoms with Crippen molar-refractivity contribution in [2.45, 2.75) is 26.7 Å². The van der Waals surface area contributed by atoms with E-state index in [0.29, 0.717) is 38.7 Å². The van der Waals surface area contributed by atoms with Crippen LogP contribution < -0.4 is 15.6 Å². The smallest absolute Gasteiger partial charge is 0.266 e. The number of hydrogen-bond donors (Lipinski definition) is 2. The minimum atomic E-state index is -0.264. The number of benzene rings is 1. The molecule has 3 heterocycles. The number of aromatic amines is 1. The number of hydrogen-bond acceptors (Lipinski definition) is 6. The van der Waals surface area contributed by atoms with Crippen LogP contribution in [-0.4, -0.2) is 47.0 Å². The van der Waals surface area contributed by atoms with Crippen molar-refractivity contribution >= 4 is 33.1 Å². The van der Waals surface area contributed by atoms with Crippen molar-refractivity contribution < 1.29 is 9.53 Å². The van der Waals surface area contributed by atoms with E-state index in [0.717, 1.165) is 25.2 Å². The summed E-state index contributed by atoms with van der Waals surface area (Å²) >= 11 is 1.22. The van der Waals surface area contributed by atoms with Crippen LogP contribution in [0.5, 0.6) is 5.75 Å². The molecule has 0 unspecified atom stereocenters. The maximum absolute atomic E-state index is 13.0. The summed E-state index contributed by atoms with van der Waals surface area (Å²) < 4.78 is 5.98. The number of aromatic nitrogens is 2. The zero-order valence-corrected chi connectivity index (χ0v) is 17.4. The Hall–Kier alpha value is -2.71. The molecule has 0 spiro atoms. The summed E-state index contributed by atoms with van der Waals surface area (Å²) in [4.78, 5) is 35.2. The van der Waals surface area contributed by atoms with Gasteiger partial charge in [0.15, 0.2) is 0 Å². The van der Waals surface area contributed by atoms with Gasteiger partial charge in [-0.05, 0) is 63.0 Å². The molecule has 1 saturated heterocycles. The molecule has 29 heavy (non-hydrogen) atoms. The lowest BCUT2D eigenvalue weighted by molar-refractivity contribution is 0.102. The molecule has 1 aromatic carbocycles. The lowest BCUT2D eigenvalue weighted by Gasteiger charge is -2.17. The molecule has 7 nitrogen and oxygen atoms in total. The standard InChI is InChI=1S/C21H24N4O3S/c1-13-5-6-16(28-10-9-25-7-3-4-8-25)15(11-13)24-20(27)18-14(2)17-19(26)22-12-23-21(17)29-18/h5-6,11-12H,3-4,7-10H2,1-2H3,(H,24,27)(H,22,23,26). The van der Waals surface area contributed by atoms with Gasteiger partial charge in [-0.3, -0.25) is 14.5 Å². The van der Waals surface area contributed by atoms with Crippen LogP contribution in [-0.2, 0) is 0 Å². The summed E-state index contributed by atoms with van der Waals surface area (Å²) in [7, 11) is 0. The maximum atomic E-state index is 13.0. The van der Waals surface area contributed by atoms with Gasteiger partial charge in [-0.25, -0.2) is 4.98 Å². The first-order valence-corrected chi connectivity index (χ1v) is 10.6. The molecule has 4 rings (SSSR count). The van der Waals surface area contributed by atoms with Crippen molar-refractivity contribution in [3.05, 3.63) is 50.9 Å². The molecular weight excluding hydrogens is 388 g/mol. The first-order chi connectivity index (χ1) is 14.0. The second-order valence-corrected chi connectivity index (χ2v) is 8.32. The molecule has 1 fully saturated rings. The summed E-state index contributed by atoms with van der Waals surface area (Å²) in [5, 5.41) is 3.43. The lowest BCUT2D eigenvalue weighted by atomic mass is 10.2. The highest BCUT2D eigenvalue weighted by Gasteiger charge is 2.20. The second kappa shape index (κ2) is 8.34. The van der Waals surface area contributed by atoms with E-state index in [1.807, 2.05) is 25.1 Å². The van der Waals surface area contributed by atoms with Gasteiger partial charge in [0.2, 0.25) is 0 Å². The predicted molar refractivity (Wildman–Crippen MR) is 115 cm³/mol. The number of fused-ring (bicyclic) bond motifs is 1. The number of ether oxygens (including phenoxy) is 1. The van der Waals surface area contributed by atoms with Crippen LogP contribution in [0.2, 0.25) is 0 Å². The van der Waals surface area contributed by atoms with Gasteiger partial charge < -0.3 is 15.0 Å². The highest BCUT2D eigenvalue weighted by Crippen LogP contribution is 2.30. The van der Waals surface area contributed by atoms with Crippen molar-refractivity contribution in [3.63, 3.8) is 0 Å². The Morgan fingerprint density at radius 1 is 1.31 bits per heavy atom. The number of carbonyl (C=O) groups is 1. The molecular formula is C21H24N4O3S. The van der Waals surface area contributed by atoms with Gasteiger partial charge in [-0.15, -0.1) is 11.3 Å². The number of rotatable bonds is 6. The van der Waals surface area contributed by atoms with Crippen LogP contribution in [0, 0.1) is 13.8 Å². The first-order valence-electron chi connectivity index (χ1n) is 9.77. The minimum absolute atomic E-state index is 0.232. The van der Waals surface area contributed by atoms with E-state index in [1.54, 1.807) is 6.92 Å². The number of thiophene rings is 1. The van der Waals surface area contributed by atoms with Gasteiger partial charge >= 0.3 is 0 Å². The summed E-state index contributed by atoms with van der Waals surface area (Å²) in [5.74, 6) is 0.387. The summed E-state index contributed by atoms with van der Waals surface area (Å²) in [6.45, 7) is 7.45. The number of aryl methyl sites for hydroxylation is 2. The maximum Gasteiger partial charge on any atom is 0.266 e. The topological polar surface area (TPSA) is 87.3 Å². The first kappa shape index (κ1) is 19.6. The number of likely N-dealkylation sites (tertiary alicyclic amines) is 1. The number of carbonyl (C=O) groups excluding carboxylic acids is 1. The van der Waals surface area contributed by atoms with Crippen molar-refractivity contribution in [1.82, 2.24) is 14.9 Å². The molecule has 0 atom stereocenters. The van der Waals surface area contributed by atoms with Crippen LogP contribution in [0.1, 0.15) is 33.6 Å². The molecule has 0 aliphatic carbocycles. The third kappa shape index (κ3) is 4.18. The molecule has 1 aliphatic rings. The molecule has 2 N–H and O–H groups in total. The van der Waals surface area contributed by atoms with Crippen LogP contribution in [0.15, 0.2) is 29.3 Å². The fourth-order valence-electron chi connectivity index (χ4n) is 3.63. The monoisotopic (exact) mass is 412 g/mol. The van der Waals surface area contributed by atoms with Gasteiger partial charge in [0, 0.05) is 6.54 Å². The zero-order chi connectivity index (χ0) is 20.4. The fourth-order valence-corrected chi connectivity index (χ4v) is 4.68. The van der Waals surface area contributed by atoms with E-state index in [1.165, 1.54) is 30.5 Å². The van der Waals surface area contributed by atoms with E-state index >= 15 is 0 Å². The molecule has 3 aromatic rings. The molecule has 0 radical (unpaired) electrons. The van der Waals surface area contributed by atoms with E-state index in [9.17, 15) is 9.59 Å². The van der Waals surface area contributed by atoms with Crippen molar-refractivity contribution in [1.29, 1.82) is 0 Å². The van der Waals surface area contributed by atoms with Gasteiger partial charge in [-0.1, -0.05) is 6.07 Å². The Balaban J connectivity index is 1.53. The Labute approximate surface area is 172 Å². The van der Waals surface area contributed by atoms with Gasteiger partial charge in [-0.2, -0.15) is 0 Å². The third-order valence-electron chi connectivity index (χ3n) is 5.19. The molecule has 0 bridgehead atoms. The second-order valence-electron chi connectivity index (χ2n) is 7.32. The number of H-pyrrole nitrogens is 1.